The number of aromatic nitrogens is 1. The molecule has 19 heavy (non-hydrogen) atoms. The summed E-state index contributed by atoms with van der Waals surface area (Å²) in [6.45, 7) is 2.86. The number of amides is 2. The third-order valence-corrected chi connectivity index (χ3v) is 2.62. The van der Waals surface area contributed by atoms with Crippen molar-refractivity contribution in [1.29, 1.82) is 0 Å². The van der Waals surface area contributed by atoms with Crippen molar-refractivity contribution in [3.8, 4) is 5.88 Å². The van der Waals surface area contributed by atoms with Crippen molar-refractivity contribution in [3.63, 3.8) is 0 Å². The molecule has 1 aromatic heterocycles. The van der Waals surface area contributed by atoms with Crippen molar-refractivity contribution in [1.82, 2.24) is 15.6 Å². The van der Waals surface area contributed by atoms with Crippen LogP contribution in [0.25, 0.3) is 0 Å². The van der Waals surface area contributed by atoms with Crippen LogP contribution in [0, 0.1) is 0 Å². The fourth-order valence-corrected chi connectivity index (χ4v) is 1.67. The molecule has 102 valence electrons. The monoisotopic (exact) mass is 264 g/mol. The van der Waals surface area contributed by atoms with Crippen molar-refractivity contribution in [3.05, 3.63) is 18.3 Å². The van der Waals surface area contributed by atoms with Crippen LogP contribution in [0.4, 0.5) is 5.69 Å². The van der Waals surface area contributed by atoms with Gasteiger partial charge in [-0.05, 0) is 13.0 Å². The molecule has 1 saturated heterocycles. The molecule has 1 atom stereocenters. The van der Waals surface area contributed by atoms with E-state index in [0.29, 0.717) is 18.2 Å². The molecule has 0 aliphatic carbocycles. The van der Waals surface area contributed by atoms with E-state index in [1.54, 1.807) is 12.1 Å². The normalized spacial score (nSPS) is 18.6. The van der Waals surface area contributed by atoms with Crippen LogP contribution in [0.2, 0.25) is 0 Å². The third kappa shape index (κ3) is 3.65. The summed E-state index contributed by atoms with van der Waals surface area (Å²) >= 11 is 0. The number of nitrogens with zero attached hydrogens (tertiary/aromatic N) is 1. The van der Waals surface area contributed by atoms with Crippen LogP contribution in [-0.2, 0) is 9.59 Å². The second-order valence-corrected chi connectivity index (χ2v) is 4.04. The van der Waals surface area contributed by atoms with Gasteiger partial charge in [-0.25, -0.2) is 4.98 Å². The van der Waals surface area contributed by atoms with Gasteiger partial charge < -0.3 is 15.4 Å². The zero-order chi connectivity index (χ0) is 13.7. The Morgan fingerprint density at radius 3 is 3.00 bits per heavy atom. The third-order valence-electron chi connectivity index (χ3n) is 2.62. The Bertz CT molecular complexity index is 451. The van der Waals surface area contributed by atoms with Crippen molar-refractivity contribution in [2.75, 3.05) is 25.0 Å². The van der Waals surface area contributed by atoms with E-state index < -0.39 is 6.04 Å². The average molecular weight is 264 g/mol. The SMILES string of the molecule is CCOc1ccc(NC(=O)C2CNC(=O)CN2)cn1. The first kappa shape index (κ1) is 13.3. The van der Waals surface area contributed by atoms with E-state index >= 15 is 0 Å². The maximum Gasteiger partial charge on any atom is 0.243 e. The molecule has 1 aliphatic heterocycles. The van der Waals surface area contributed by atoms with Gasteiger partial charge in [0.05, 0.1) is 25.0 Å². The number of rotatable bonds is 4. The van der Waals surface area contributed by atoms with Crippen molar-refractivity contribution < 1.29 is 14.3 Å². The largest absolute Gasteiger partial charge is 0.478 e. The number of nitrogens with one attached hydrogen (secondary N) is 3. The van der Waals surface area contributed by atoms with Gasteiger partial charge in [0, 0.05) is 12.6 Å². The lowest BCUT2D eigenvalue weighted by atomic mass is 10.2. The summed E-state index contributed by atoms with van der Waals surface area (Å²) in [6, 6.07) is 2.98. The van der Waals surface area contributed by atoms with Crippen LogP contribution < -0.4 is 20.7 Å². The molecule has 0 bridgehead atoms. The Morgan fingerprint density at radius 1 is 1.58 bits per heavy atom. The summed E-state index contributed by atoms with van der Waals surface area (Å²) in [5.41, 5.74) is 0.590. The van der Waals surface area contributed by atoms with Crippen molar-refractivity contribution in [2.24, 2.45) is 0 Å². The van der Waals surface area contributed by atoms with Gasteiger partial charge in [-0.1, -0.05) is 0 Å². The molecule has 1 fully saturated rings. The summed E-state index contributed by atoms with van der Waals surface area (Å²) in [6.07, 6.45) is 1.53. The van der Waals surface area contributed by atoms with Crippen LogP contribution >= 0.6 is 0 Å². The minimum Gasteiger partial charge on any atom is -0.478 e. The van der Waals surface area contributed by atoms with E-state index in [-0.39, 0.29) is 24.9 Å². The molecular formula is C12H16N4O3. The van der Waals surface area contributed by atoms with Gasteiger partial charge >= 0.3 is 0 Å². The number of hydrogen-bond acceptors (Lipinski definition) is 5. The first-order chi connectivity index (χ1) is 9.19. The van der Waals surface area contributed by atoms with Crippen molar-refractivity contribution in [2.45, 2.75) is 13.0 Å². The summed E-state index contributed by atoms with van der Waals surface area (Å²) in [5.74, 6) is 0.210. The first-order valence-electron chi connectivity index (χ1n) is 6.09. The topological polar surface area (TPSA) is 92.4 Å². The lowest BCUT2D eigenvalue weighted by Gasteiger charge is -2.23. The second kappa shape index (κ2) is 6.14. The van der Waals surface area contributed by atoms with E-state index in [4.69, 9.17) is 4.74 Å². The Hall–Kier alpha value is -2.15. The summed E-state index contributed by atoms with van der Waals surface area (Å²) in [5, 5.41) is 8.20. The molecule has 7 heteroatoms. The molecular weight excluding hydrogens is 248 g/mol. The van der Waals surface area contributed by atoms with Crippen LogP contribution in [0.15, 0.2) is 18.3 Å². The van der Waals surface area contributed by atoms with E-state index in [1.165, 1.54) is 6.20 Å². The molecule has 0 radical (unpaired) electrons. The number of ether oxygens (including phenoxy) is 1. The lowest BCUT2D eigenvalue weighted by Crippen LogP contribution is -2.56. The number of piperazine rings is 1. The Morgan fingerprint density at radius 2 is 2.42 bits per heavy atom. The minimum atomic E-state index is -0.427. The van der Waals surface area contributed by atoms with E-state index in [1.807, 2.05) is 6.92 Å². The number of carbonyl (C=O) groups is 2. The molecule has 1 aliphatic rings. The molecule has 0 spiro atoms. The van der Waals surface area contributed by atoms with Crippen LogP contribution in [0.1, 0.15) is 6.92 Å². The highest BCUT2D eigenvalue weighted by molar-refractivity contribution is 5.96. The zero-order valence-corrected chi connectivity index (χ0v) is 10.6. The van der Waals surface area contributed by atoms with Crippen LogP contribution in [0.3, 0.4) is 0 Å². The van der Waals surface area contributed by atoms with Gasteiger partial charge in [0.25, 0.3) is 0 Å². The summed E-state index contributed by atoms with van der Waals surface area (Å²) in [4.78, 5) is 26.9. The van der Waals surface area contributed by atoms with E-state index in [9.17, 15) is 9.59 Å². The Labute approximate surface area is 110 Å². The predicted molar refractivity (Wildman–Crippen MR) is 68.8 cm³/mol. The van der Waals surface area contributed by atoms with E-state index in [0.717, 1.165) is 0 Å². The minimum absolute atomic E-state index is 0.105. The van der Waals surface area contributed by atoms with Gasteiger partial charge in [0.1, 0.15) is 6.04 Å². The highest BCUT2D eigenvalue weighted by atomic mass is 16.5. The summed E-state index contributed by atoms with van der Waals surface area (Å²) < 4.78 is 5.21. The molecule has 7 nitrogen and oxygen atoms in total. The number of pyridine rings is 1. The maximum absolute atomic E-state index is 11.9. The Kier molecular flexibility index (Phi) is 4.30. The predicted octanol–water partition coefficient (Wildman–Crippen LogP) is -0.493. The molecule has 2 heterocycles. The quantitative estimate of drug-likeness (QED) is 0.682. The molecule has 2 rings (SSSR count). The highest BCUT2D eigenvalue weighted by Crippen LogP contribution is 2.11. The highest BCUT2D eigenvalue weighted by Gasteiger charge is 2.23. The van der Waals surface area contributed by atoms with Gasteiger partial charge in [0.2, 0.25) is 17.7 Å². The zero-order valence-electron chi connectivity index (χ0n) is 10.6. The van der Waals surface area contributed by atoms with Crippen molar-refractivity contribution >= 4 is 17.5 Å². The molecule has 1 unspecified atom stereocenters. The van der Waals surface area contributed by atoms with E-state index in [2.05, 4.69) is 20.9 Å². The second-order valence-electron chi connectivity index (χ2n) is 4.04. The first-order valence-corrected chi connectivity index (χ1v) is 6.09. The standard InChI is InChI=1S/C12H16N4O3/c1-2-19-11-4-3-8(5-15-11)16-12(18)9-6-14-10(17)7-13-9/h3-5,9,13H,2,6-7H2,1H3,(H,14,17)(H,16,18). The van der Waals surface area contributed by atoms with Gasteiger partial charge in [0.15, 0.2) is 0 Å². The molecule has 0 saturated carbocycles. The smallest absolute Gasteiger partial charge is 0.243 e. The number of carbonyl (C=O) groups excluding carboxylic acids is 2. The molecule has 2 amide bonds. The lowest BCUT2D eigenvalue weighted by molar-refractivity contribution is -0.124. The fourth-order valence-electron chi connectivity index (χ4n) is 1.67. The molecule has 0 aromatic carbocycles. The maximum atomic E-state index is 11.9. The fraction of sp³-hybridized carbons (Fsp3) is 0.417. The average Bonchev–Trinajstić information content (AvgIpc) is 2.42. The number of hydrogen-bond donors (Lipinski definition) is 3. The van der Waals surface area contributed by atoms with Crippen LogP contribution in [0.5, 0.6) is 5.88 Å². The van der Waals surface area contributed by atoms with Gasteiger partial charge in [-0.15, -0.1) is 0 Å². The molecule has 3 N–H and O–H groups in total. The van der Waals surface area contributed by atoms with Crippen LogP contribution in [-0.4, -0.2) is 42.5 Å². The van der Waals surface area contributed by atoms with Gasteiger partial charge in [-0.2, -0.15) is 0 Å². The Balaban J connectivity index is 1.89. The number of anilines is 1. The molecule has 1 aromatic rings. The van der Waals surface area contributed by atoms with Gasteiger partial charge in [-0.3, -0.25) is 14.9 Å². The summed E-state index contributed by atoms with van der Waals surface area (Å²) in [7, 11) is 0.